The molecule has 3 aromatic rings. The molecule has 0 saturated heterocycles. The molecule has 0 spiro atoms. The Morgan fingerprint density at radius 2 is 1.97 bits per heavy atom. The molecule has 0 atom stereocenters. The number of aromatic nitrogens is 2. The van der Waals surface area contributed by atoms with Crippen molar-refractivity contribution in [3.63, 3.8) is 0 Å². The van der Waals surface area contributed by atoms with Crippen LogP contribution in [-0.2, 0) is 16.4 Å². The predicted octanol–water partition coefficient (Wildman–Crippen LogP) is 4.52. The van der Waals surface area contributed by atoms with Gasteiger partial charge >= 0.3 is 0 Å². The smallest absolute Gasteiger partial charge is 0.259 e. The molecule has 1 heterocycles. The van der Waals surface area contributed by atoms with E-state index in [1.165, 1.54) is 12.3 Å². The third kappa shape index (κ3) is 4.48. The molecular formula is C21H20Cl2N4O3S. The van der Waals surface area contributed by atoms with Crippen LogP contribution in [0.5, 0.6) is 0 Å². The fourth-order valence-corrected chi connectivity index (χ4v) is 4.87. The minimum Gasteiger partial charge on any atom is -0.322 e. The summed E-state index contributed by atoms with van der Waals surface area (Å²) in [6.07, 6.45) is 3.88. The summed E-state index contributed by atoms with van der Waals surface area (Å²) in [5, 5.41) is 13.4. The summed E-state index contributed by atoms with van der Waals surface area (Å²) in [7, 11) is -3.91. The Balaban J connectivity index is 1.70. The van der Waals surface area contributed by atoms with Gasteiger partial charge in [0, 0.05) is 16.6 Å². The summed E-state index contributed by atoms with van der Waals surface area (Å²) in [6.45, 7) is 1.83. The lowest BCUT2D eigenvalue weighted by atomic mass is 10.1. The van der Waals surface area contributed by atoms with E-state index in [1.54, 1.807) is 35.0 Å². The molecule has 0 aliphatic heterocycles. The zero-order chi connectivity index (χ0) is 22.3. The maximum Gasteiger partial charge on any atom is 0.259 e. The Hall–Kier alpha value is -2.39. The van der Waals surface area contributed by atoms with Crippen molar-refractivity contribution in [3.05, 3.63) is 69.5 Å². The number of benzene rings is 2. The van der Waals surface area contributed by atoms with Gasteiger partial charge in [-0.15, -0.1) is 0 Å². The molecule has 1 aromatic heterocycles. The number of primary sulfonamides is 1. The monoisotopic (exact) mass is 478 g/mol. The summed E-state index contributed by atoms with van der Waals surface area (Å²) >= 11 is 12.4. The van der Waals surface area contributed by atoms with Crippen LogP contribution in [0.2, 0.25) is 10.0 Å². The number of nitrogens with one attached hydrogen (secondary N) is 1. The predicted molar refractivity (Wildman–Crippen MR) is 121 cm³/mol. The summed E-state index contributed by atoms with van der Waals surface area (Å²) in [5.74, 6) is -0.194. The molecule has 1 aliphatic carbocycles. The maximum absolute atomic E-state index is 13.1. The van der Waals surface area contributed by atoms with Crippen LogP contribution < -0.4 is 10.5 Å². The molecule has 2 aromatic carbocycles. The fraction of sp³-hybridized carbons (Fsp3) is 0.238. The number of halogens is 2. The SMILES string of the molecule is CCc1ccc(NC(=O)c2cnn(-c3ccc(Cl)cc3Cl)c2C2CC2)cc1S(N)(=O)=O. The minimum atomic E-state index is -3.91. The number of nitrogens with zero attached hydrogens (tertiary/aromatic N) is 2. The second kappa shape index (κ2) is 8.27. The van der Waals surface area contributed by atoms with Crippen molar-refractivity contribution in [2.75, 3.05) is 5.32 Å². The van der Waals surface area contributed by atoms with Crippen LogP contribution >= 0.6 is 23.2 Å². The number of anilines is 1. The Bertz CT molecular complexity index is 1280. The van der Waals surface area contributed by atoms with Crippen LogP contribution in [0.15, 0.2) is 47.5 Å². The summed E-state index contributed by atoms with van der Waals surface area (Å²) < 4.78 is 25.5. The minimum absolute atomic E-state index is 0.00106. The van der Waals surface area contributed by atoms with Gasteiger partial charge in [0.15, 0.2) is 0 Å². The Labute approximate surface area is 190 Å². The lowest BCUT2D eigenvalue weighted by Crippen LogP contribution is -2.17. The van der Waals surface area contributed by atoms with E-state index >= 15 is 0 Å². The van der Waals surface area contributed by atoms with E-state index in [1.807, 2.05) is 6.92 Å². The third-order valence-electron chi connectivity index (χ3n) is 5.17. The molecule has 31 heavy (non-hydrogen) atoms. The number of rotatable bonds is 6. The standard InChI is InChI=1S/C21H20Cl2N4O3S/c1-2-12-5-7-15(10-19(12)31(24,29)30)26-21(28)16-11-25-27(20(16)13-3-4-13)18-8-6-14(22)9-17(18)23/h5-11,13H,2-4H2,1H3,(H,26,28)(H2,24,29,30). The second-order valence-corrected chi connectivity index (χ2v) is 9.77. The van der Waals surface area contributed by atoms with Crippen LogP contribution in [0.4, 0.5) is 5.69 Å². The molecule has 162 valence electrons. The number of hydrogen-bond donors (Lipinski definition) is 2. The molecule has 0 radical (unpaired) electrons. The zero-order valence-electron chi connectivity index (χ0n) is 16.6. The molecule has 0 bridgehead atoms. The quantitative estimate of drug-likeness (QED) is 0.542. The highest BCUT2D eigenvalue weighted by atomic mass is 35.5. The van der Waals surface area contributed by atoms with Gasteiger partial charge in [0.25, 0.3) is 5.91 Å². The van der Waals surface area contributed by atoms with E-state index in [-0.39, 0.29) is 16.7 Å². The average molecular weight is 479 g/mol. The van der Waals surface area contributed by atoms with Gasteiger partial charge in [-0.05, 0) is 55.2 Å². The van der Waals surface area contributed by atoms with Gasteiger partial charge in [-0.2, -0.15) is 5.10 Å². The highest BCUT2D eigenvalue weighted by Gasteiger charge is 2.33. The van der Waals surface area contributed by atoms with Crippen molar-refractivity contribution in [1.82, 2.24) is 9.78 Å². The first-order valence-corrected chi connectivity index (χ1v) is 12.0. The van der Waals surface area contributed by atoms with Gasteiger partial charge in [0.05, 0.1) is 33.1 Å². The third-order valence-corrected chi connectivity index (χ3v) is 6.70. The Morgan fingerprint density at radius 1 is 1.23 bits per heavy atom. The van der Waals surface area contributed by atoms with Gasteiger partial charge in [0.2, 0.25) is 10.0 Å². The number of aryl methyl sites for hydroxylation is 1. The molecule has 1 fully saturated rings. The van der Waals surface area contributed by atoms with Crippen LogP contribution in [-0.4, -0.2) is 24.1 Å². The molecule has 1 amide bonds. The number of amides is 1. The van der Waals surface area contributed by atoms with E-state index in [0.717, 1.165) is 18.5 Å². The second-order valence-electron chi connectivity index (χ2n) is 7.40. The van der Waals surface area contributed by atoms with Gasteiger partial charge in [0.1, 0.15) is 0 Å². The first kappa shape index (κ1) is 21.8. The van der Waals surface area contributed by atoms with Crippen molar-refractivity contribution in [3.8, 4) is 5.69 Å². The van der Waals surface area contributed by atoms with Crippen molar-refractivity contribution in [1.29, 1.82) is 0 Å². The number of carbonyl (C=O) groups excluding carboxylic acids is 1. The zero-order valence-corrected chi connectivity index (χ0v) is 18.9. The molecule has 1 saturated carbocycles. The largest absolute Gasteiger partial charge is 0.322 e. The van der Waals surface area contributed by atoms with Crippen molar-refractivity contribution in [2.24, 2.45) is 5.14 Å². The van der Waals surface area contributed by atoms with Crippen LogP contribution in [0.1, 0.15) is 47.3 Å². The summed E-state index contributed by atoms with van der Waals surface area (Å²) in [4.78, 5) is 13.1. The fourth-order valence-electron chi connectivity index (χ4n) is 3.52. The van der Waals surface area contributed by atoms with Gasteiger partial charge in [-0.3, -0.25) is 4.79 Å². The van der Waals surface area contributed by atoms with E-state index in [4.69, 9.17) is 28.3 Å². The lowest BCUT2D eigenvalue weighted by Gasteiger charge is -2.12. The molecule has 7 nitrogen and oxygen atoms in total. The average Bonchev–Trinajstić information content (AvgIpc) is 3.45. The Morgan fingerprint density at radius 3 is 2.58 bits per heavy atom. The van der Waals surface area contributed by atoms with Crippen molar-refractivity contribution >= 4 is 44.8 Å². The molecule has 10 heteroatoms. The first-order valence-electron chi connectivity index (χ1n) is 9.69. The highest BCUT2D eigenvalue weighted by Crippen LogP contribution is 2.43. The molecule has 4 rings (SSSR count). The normalized spacial score (nSPS) is 13.9. The highest BCUT2D eigenvalue weighted by molar-refractivity contribution is 7.89. The van der Waals surface area contributed by atoms with Crippen LogP contribution in [0.3, 0.4) is 0 Å². The molecule has 3 N–H and O–H groups in total. The maximum atomic E-state index is 13.1. The number of nitrogens with two attached hydrogens (primary N) is 1. The van der Waals surface area contributed by atoms with E-state index in [9.17, 15) is 13.2 Å². The van der Waals surface area contributed by atoms with E-state index < -0.39 is 10.0 Å². The first-order chi connectivity index (χ1) is 14.7. The van der Waals surface area contributed by atoms with Gasteiger partial charge in [-0.25, -0.2) is 18.2 Å². The Kier molecular flexibility index (Phi) is 5.83. The van der Waals surface area contributed by atoms with Crippen LogP contribution in [0.25, 0.3) is 5.69 Å². The lowest BCUT2D eigenvalue weighted by molar-refractivity contribution is 0.102. The topological polar surface area (TPSA) is 107 Å². The summed E-state index contributed by atoms with van der Waals surface area (Å²) in [5.41, 5.74) is 2.73. The summed E-state index contributed by atoms with van der Waals surface area (Å²) in [6, 6.07) is 9.78. The molecular weight excluding hydrogens is 459 g/mol. The molecule has 0 unspecified atom stereocenters. The number of hydrogen-bond acceptors (Lipinski definition) is 4. The van der Waals surface area contributed by atoms with Crippen molar-refractivity contribution < 1.29 is 13.2 Å². The van der Waals surface area contributed by atoms with E-state index in [2.05, 4.69) is 10.4 Å². The van der Waals surface area contributed by atoms with Gasteiger partial charge in [-0.1, -0.05) is 36.2 Å². The van der Waals surface area contributed by atoms with Gasteiger partial charge < -0.3 is 5.32 Å². The number of carbonyl (C=O) groups is 1. The van der Waals surface area contributed by atoms with Crippen LogP contribution in [0, 0.1) is 0 Å². The number of sulfonamides is 1. The van der Waals surface area contributed by atoms with Crippen molar-refractivity contribution in [2.45, 2.75) is 37.0 Å². The molecule has 1 aliphatic rings. The van der Waals surface area contributed by atoms with E-state index in [0.29, 0.717) is 39.0 Å².